The smallest absolute Gasteiger partial charge is 0.260 e. The van der Waals surface area contributed by atoms with Gasteiger partial charge in [0.1, 0.15) is 11.6 Å². The van der Waals surface area contributed by atoms with Crippen LogP contribution < -0.4 is 10.1 Å². The van der Waals surface area contributed by atoms with Crippen LogP contribution in [-0.4, -0.2) is 44.6 Å². The van der Waals surface area contributed by atoms with Crippen LogP contribution in [0.5, 0.6) is 5.75 Å². The van der Waals surface area contributed by atoms with Gasteiger partial charge in [0, 0.05) is 36.8 Å². The van der Waals surface area contributed by atoms with Gasteiger partial charge in [0.25, 0.3) is 5.91 Å². The zero-order valence-electron chi connectivity index (χ0n) is 15.6. The molecule has 0 radical (unpaired) electrons. The van der Waals surface area contributed by atoms with Gasteiger partial charge >= 0.3 is 0 Å². The Morgan fingerprint density at radius 3 is 2.97 bits per heavy atom. The molecule has 0 bridgehead atoms. The fraction of sp³-hybridized carbons (Fsp3) is 0.350. The summed E-state index contributed by atoms with van der Waals surface area (Å²) in [4.78, 5) is 18.9. The number of nitrogens with one attached hydrogen (secondary N) is 1. The molecular formula is C20H19F2N5O2. The van der Waals surface area contributed by atoms with Crippen molar-refractivity contribution in [2.45, 2.75) is 31.8 Å². The number of halogens is 2. The first-order chi connectivity index (χ1) is 14.1. The summed E-state index contributed by atoms with van der Waals surface area (Å²) in [6.45, 7) is 0.473. The Kier molecular flexibility index (Phi) is 4.30. The van der Waals surface area contributed by atoms with E-state index in [9.17, 15) is 13.6 Å². The maximum atomic E-state index is 13.7. The molecule has 1 amide bonds. The molecule has 0 unspecified atom stereocenters. The van der Waals surface area contributed by atoms with Crippen molar-refractivity contribution in [3.8, 4) is 5.75 Å². The van der Waals surface area contributed by atoms with Gasteiger partial charge in [-0.3, -0.25) is 4.79 Å². The van der Waals surface area contributed by atoms with E-state index >= 15 is 0 Å². The van der Waals surface area contributed by atoms with E-state index in [1.165, 1.54) is 0 Å². The lowest BCUT2D eigenvalue weighted by atomic mass is 10.1. The Labute approximate surface area is 165 Å². The highest BCUT2D eigenvalue weighted by atomic mass is 19.1. The highest BCUT2D eigenvalue weighted by Gasteiger charge is 2.27. The van der Waals surface area contributed by atoms with E-state index in [4.69, 9.17) is 4.74 Å². The number of aromatic nitrogens is 3. The number of anilines is 1. The van der Waals surface area contributed by atoms with E-state index in [0.29, 0.717) is 25.6 Å². The average Bonchev–Trinajstić information content (AvgIpc) is 3.46. The third-order valence-corrected chi connectivity index (χ3v) is 5.16. The predicted molar refractivity (Wildman–Crippen MR) is 101 cm³/mol. The maximum absolute atomic E-state index is 13.7. The quantitative estimate of drug-likeness (QED) is 0.714. The number of fused-ring (bicyclic) bond motifs is 3. The number of hydrogen-bond donors (Lipinski definition) is 1. The number of amides is 1. The van der Waals surface area contributed by atoms with E-state index in [1.807, 2.05) is 12.3 Å². The van der Waals surface area contributed by atoms with Crippen molar-refractivity contribution in [1.82, 2.24) is 19.5 Å². The topological polar surface area (TPSA) is 71.8 Å². The summed E-state index contributed by atoms with van der Waals surface area (Å²) in [6.07, 6.45) is 4.77. The Balaban J connectivity index is 1.31. The number of ether oxygens (including phenoxy) is 1. The van der Waals surface area contributed by atoms with Crippen LogP contribution in [0, 0.1) is 11.6 Å². The third-order valence-electron chi connectivity index (χ3n) is 5.16. The molecule has 1 aliphatic heterocycles. The summed E-state index contributed by atoms with van der Waals surface area (Å²) in [7, 11) is 0. The maximum Gasteiger partial charge on any atom is 0.260 e. The molecule has 1 aliphatic carbocycles. The summed E-state index contributed by atoms with van der Waals surface area (Å²) in [5.74, 6) is -1.10. The molecule has 9 heteroatoms. The van der Waals surface area contributed by atoms with Crippen LogP contribution in [0.2, 0.25) is 0 Å². The molecule has 7 nitrogen and oxygen atoms in total. The van der Waals surface area contributed by atoms with Crippen molar-refractivity contribution in [1.29, 1.82) is 0 Å². The fourth-order valence-corrected chi connectivity index (χ4v) is 3.44. The normalized spacial score (nSPS) is 16.0. The minimum Gasteiger partial charge on any atom is -0.481 e. The van der Waals surface area contributed by atoms with Crippen molar-refractivity contribution < 1.29 is 18.3 Å². The standard InChI is InChI=1S/C20H19F2N5O2/c21-12-1-4-15(22)17(9-12)29-11-19(28)26-7-5-16-14(10-26)20-24-18(23-13-2-3-13)6-8-27(20)25-16/h1,4,6,8-9,13H,2-3,5,7,10-11H2,(H,23,24). The first-order valence-corrected chi connectivity index (χ1v) is 9.56. The summed E-state index contributed by atoms with van der Waals surface area (Å²) < 4.78 is 33.9. The molecule has 1 N–H and O–H groups in total. The molecule has 0 saturated heterocycles. The highest BCUT2D eigenvalue weighted by Crippen LogP contribution is 2.26. The van der Waals surface area contributed by atoms with Crippen LogP contribution in [0.3, 0.4) is 0 Å². The zero-order chi connectivity index (χ0) is 20.0. The first-order valence-electron chi connectivity index (χ1n) is 9.56. The fourth-order valence-electron chi connectivity index (χ4n) is 3.44. The van der Waals surface area contributed by atoms with E-state index in [0.717, 1.165) is 53.8 Å². The van der Waals surface area contributed by atoms with Crippen LogP contribution in [0.4, 0.5) is 14.6 Å². The summed E-state index contributed by atoms with van der Waals surface area (Å²) in [5, 5.41) is 7.93. The molecule has 0 atom stereocenters. The molecular weight excluding hydrogens is 380 g/mol. The molecule has 150 valence electrons. The Hall–Kier alpha value is -3.23. The molecule has 3 heterocycles. The van der Waals surface area contributed by atoms with Gasteiger partial charge in [-0.15, -0.1) is 0 Å². The van der Waals surface area contributed by atoms with Gasteiger partial charge in [0.2, 0.25) is 0 Å². The lowest BCUT2D eigenvalue weighted by Crippen LogP contribution is -2.38. The molecule has 1 fully saturated rings. The molecule has 1 saturated carbocycles. The molecule has 3 aromatic rings. The van der Waals surface area contributed by atoms with Crippen LogP contribution in [0.25, 0.3) is 5.65 Å². The number of nitrogens with zero attached hydrogens (tertiary/aromatic N) is 4. The number of carbonyl (C=O) groups excluding carboxylic acids is 1. The number of benzene rings is 1. The van der Waals surface area contributed by atoms with E-state index in [2.05, 4.69) is 15.4 Å². The molecule has 29 heavy (non-hydrogen) atoms. The second-order valence-electron chi connectivity index (χ2n) is 7.35. The van der Waals surface area contributed by atoms with Crippen molar-refractivity contribution in [2.24, 2.45) is 0 Å². The lowest BCUT2D eigenvalue weighted by molar-refractivity contribution is -0.134. The Bertz CT molecular complexity index is 1100. The van der Waals surface area contributed by atoms with Crippen LogP contribution in [0.15, 0.2) is 30.5 Å². The van der Waals surface area contributed by atoms with Gasteiger partial charge in [0.05, 0.1) is 12.2 Å². The molecule has 5 rings (SSSR count). The van der Waals surface area contributed by atoms with Crippen molar-refractivity contribution in [3.05, 3.63) is 53.4 Å². The Morgan fingerprint density at radius 2 is 2.14 bits per heavy atom. The number of rotatable bonds is 5. The Morgan fingerprint density at radius 1 is 1.28 bits per heavy atom. The largest absolute Gasteiger partial charge is 0.481 e. The van der Waals surface area contributed by atoms with Crippen molar-refractivity contribution >= 4 is 17.4 Å². The van der Waals surface area contributed by atoms with Gasteiger partial charge in [-0.1, -0.05) is 0 Å². The number of hydrogen-bond acceptors (Lipinski definition) is 5. The van der Waals surface area contributed by atoms with Gasteiger partial charge in [-0.25, -0.2) is 18.3 Å². The molecule has 1 aromatic carbocycles. The van der Waals surface area contributed by atoms with E-state index < -0.39 is 11.6 Å². The second-order valence-corrected chi connectivity index (χ2v) is 7.35. The highest BCUT2D eigenvalue weighted by molar-refractivity contribution is 5.78. The van der Waals surface area contributed by atoms with Crippen LogP contribution >= 0.6 is 0 Å². The van der Waals surface area contributed by atoms with Crippen LogP contribution in [-0.2, 0) is 17.8 Å². The van der Waals surface area contributed by atoms with Crippen molar-refractivity contribution in [3.63, 3.8) is 0 Å². The molecule has 0 spiro atoms. The lowest BCUT2D eigenvalue weighted by Gasteiger charge is -2.26. The third kappa shape index (κ3) is 3.59. The van der Waals surface area contributed by atoms with Crippen molar-refractivity contribution in [2.75, 3.05) is 18.5 Å². The first kappa shape index (κ1) is 17.8. The van der Waals surface area contributed by atoms with E-state index in [-0.39, 0.29) is 18.3 Å². The SMILES string of the molecule is O=C(COc1cc(F)ccc1F)N1CCc2nn3ccc(NC4CC4)nc3c2C1. The van der Waals surface area contributed by atoms with Gasteiger partial charge in [-0.2, -0.15) is 5.10 Å². The second kappa shape index (κ2) is 6.98. The predicted octanol–water partition coefficient (Wildman–Crippen LogP) is 2.55. The molecule has 2 aliphatic rings. The summed E-state index contributed by atoms with van der Waals surface area (Å²) in [6, 6.07) is 5.29. The number of carbonyl (C=O) groups is 1. The zero-order valence-corrected chi connectivity index (χ0v) is 15.6. The minimum atomic E-state index is -0.706. The molecule has 2 aromatic heterocycles. The van der Waals surface area contributed by atoms with E-state index in [1.54, 1.807) is 9.42 Å². The van der Waals surface area contributed by atoms with Crippen LogP contribution in [0.1, 0.15) is 24.1 Å². The minimum absolute atomic E-state index is 0.274. The average molecular weight is 399 g/mol. The van der Waals surface area contributed by atoms with Gasteiger partial charge in [-0.05, 0) is 31.0 Å². The van der Waals surface area contributed by atoms with Gasteiger partial charge in [0.15, 0.2) is 23.8 Å². The van der Waals surface area contributed by atoms with Gasteiger partial charge < -0.3 is 15.0 Å². The summed E-state index contributed by atoms with van der Waals surface area (Å²) in [5.41, 5.74) is 2.54. The monoisotopic (exact) mass is 399 g/mol. The summed E-state index contributed by atoms with van der Waals surface area (Å²) >= 11 is 0.